The lowest BCUT2D eigenvalue weighted by atomic mass is 9.74. The summed E-state index contributed by atoms with van der Waals surface area (Å²) in [4.78, 5) is 13.1. The maximum Gasteiger partial charge on any atom is 0.312 e. The largest absolute Gasteiger partial charge is 0.466 e. The summed E-state index contributed by atoms with van der Waals surface area (Å²) < 4.78 is 32.6. The number of piperidine rings is 1. The normalized spacial score (nSPS) is 17.2. The molecular weight excluding hydrogens is 398 g/mol. The van der Waals surface area contributed by atoms with Gasteiger partial charge in [-0.1, -0.05) is 48.0 Å². The molecule has 2 aromatic carbocycles. The van der Waals surface area contributed by atoms with E-state index in [2.05, 4.69) is 0 Å². The molecule has 5 nitrogen and oxygen atoms in total. The summed E-state index contributed by atoms with van der Waals surface area (Å²) in [5, 5.41) is 0.602. The first kappa shape index (κ1) is 20.8. The van der Waals surface area contributed by atoms with Crippen LogP contribution in [-0.4, -0.2) is 38.4 Å². The van der Waals surface area contributed by atoms with E-state index in [1.54, 1.807) is 43.3 Å². The van der Waals surface area contributed by atoms with Crippen molar-refractivity contribution in [2.45, 2.75) is 31.1 Å². The summed E-state index contributed by atoms with van der Waals surface area (Å²) in [5.41, 5.74) is 0.0977. The van der Waals surface area contributed by atoms with Crippen molar-refractivity contribution in [1.82, 2.24) is 4.31 Å². The Hall–Kier alpha value is -1.89. The van der Waals surface area contributed by atoms with Gasteiger partial charge in [0.25, 0.3) is 0 Å². The molecule has 0 amide bonds. The Morgan fingerprint density at radius 2 is 1.68 bits per heavy atom. The topological polar surface area (TPSA) is 63.7 Å². The Kier molecular flexibility index (Phi) is 6.43. The molecule has 0 saturated carbocycles. The number of carbonyl (C=O) groups is 1. The van der Waals surface area contributed by atoms with Crippen molar-refractivity contribution >= 4 is 27.6 Å². The second kappa shape index (κ2) is 8.64. The van der Waals surface area contributed by atoms with Gasteiger partial charge in [0.15, 0.2) is 0 Å². The van der Waals surface area contributed by atoms with Gasteiger partial charge in [-0.2, -0.15) is 4.31 Å². The fraction of sp³-hybridized carbons (Fsp3) is 0.381. The van der Waals surface area contributed by atoms with Crippen LogP contribution >= 0.6 is 11.6 Å². The van der Waals surface area contributed by atoms with Crippen molar-refractivity contribution in [2.75, 3.05) is 19.7 Å². The van der Waals surface area contributed by atoms with E-state index in [-0.39, 0.29) is 30.6 Å². The van der Waals surface area contributed by atoms with E-state index in [0.29, 0.717) is 24.3 Å². The highest BCUT2D eigenvalue weighted by atomic mass is 35.5. The van der Waals surface area contributed by atoms with Gasteiger partial charge in [-0.3, -0.25) is 4.79 Å². The Balaban J connectivity index is 1.83. The highest BCUT2D eigenvalue weighted by Crippen LogP contribution is 2.39. The molecule has 1 aliphatic heterocycles. The molecule has 0 N–H and O–H groups in total. The van der Waals surface area contributed by atoms with Crippen molar-refractivity contribution in [3.8, 4) is 0 Å². The maximum absolute atomic E-state index is 12.9. The second-order valence-electron chi connectivity index (χ2n) is 6.99. The molecule has 150 valence electrons. The minimum atomic E-state index is -3.58. The summed E-state index contributed by atoms with van der Waals surface area (Å²) in [7, 11) is -3.58. The predicted octanol–water partition coefficient (Wildman–Crippen LogP) is 3.92. The van der Waals surface area contributed by atoms with Gasteiger partial charge in [0.2, 0.25) is 10.0 Å². The monoisotopic (exact) mass is 421 g/mol. The van der Waals surface area contributed by atoms with Crippen molar-refractivity contribution in [3.63, 3.8) is 0 Å². The lowest BCUT2D eigenvalue weighted by Crippen LogP contribution is -2.48. The molecule has 0 atom stereocenters. The highest BCUT2D eigenvalue weighted by molar-refractivity contribution is 7.89. The molecule has 7 heteroatoms. The second-order valence-corrected chi connectivity index (χ2v) is 9.33. The van der Waals surface area contributed by atoms with E-state index in [4.69, 9.17) is 16.3 Å². The Labute approximate surface area is 171 Å². The summed E-state index contributed by atoms with van der Waals surface area (Å²) in [6.45, 7) is 2.59. The third kappa shape index (κ3) is 4.24. The van der Waals surface area contributed by atoms with Crippen LogP contribution < -0.4 is 0 Å². The molecule has 1 aliphatic rings. The SMILES string of the molecule is CCOC(=O)C1(Cc2ccccc2Cl)CCN(S(=O)(=O)c2ccccc2)CC1. The number of nitrogens with zero attached hydrogens (tertiary/aromatic N) is 1. The van der Waals surface area contributed by atoms with Gasteiger partial charge in [0, 0.05) is 18.1 Å². The van der Waals surface area contributed by atoms with Gasteiger partial charge in [-0.15, -0.1) is 0 Å². The van der Waals surface area contributed by atoms with Crippen molar-refractivity contribution < 1.29 is 17.9 Å². The average Bonchev–Trinajstić information content (AvgIpc) is 2.71. The van der Waals surface area contributed by atoms with E-state index in [1.165, 1.54) is 4.31 Å². The first-order valence-corrected chi connectivity index (χ1v) is 11.2. The van der Waals surface area contributed by atoms with E-state index in [1.807, 2.05) is 18.2 Å². The van der Waals surface area contributed by atoms with Gasteiger partial charge < -0.3 is 4.74 Å². The molecule has 0 aliphatic carbocycles. The molecule has 1 saturated heterocycles. The lowest BCUT2D eigenvalue weighted by molar-refractivity contribution is -0.158. The quantitative estimate of drug-likeness (QED) is 0.663. The van der Waals surface area contributed by atoms with E-state index < -0.39 is 15.4 Å². The van der Waals surface area contributed by atoms with Gasteiger partial charge in [-0.25, -0.2) is 8.42 Å². The zero-order valence-electron chi connectivity index (χ0n) is 15.8. The van der Waals surface area contributed by atoms with Gasteiger partial charge in [0.05, 0.1) is 16.9 Å². The molecule has 1 heterocycles. The number of hydrogen-bond acceptors (Lipinski definition) is 4. The first-order valence-electron chi connectivity index (χ1n) is 9.35. The molecule has 0 spiro atoms. The number of esters is 1. The standard InChI is InChI=1S/C21H24ClNO4S/c1-2-27-20(24)21(16-17-8-6-7-11-19(17)22)12-14-23(15-13-21)28(25,26)18-9-4-3-5-10-18/h3-11H,2,12-16H2,1H3. The minimum Gasteiger partial charge on any atom is -0.466 e. The molecule has 0 bridgehead atoms. The van der Waals surface area contributed by atoms with Crippen molar-refractivity contribution in [1.29, 1.82) is 0 Å². The minimum absolute atomic E-state index is 0.264. The molecular formula is C21H24ClNO4S. The molecule has 0 unspecified atom stereocenters. The van der Waals surface area contributed by atoms with E-state index in [0.717, 1.165) is 5.56 Å². The molecule has 3 rings (SSSR count). The van der Waals surface area contributed by atoms with E-state index in [9.17, 15) is 13.2 Å². The molecule has 2 aromatic rings. The zero-order chi connectivity index (χ0) is 20.2. The van der Waals surface area contributed by atoms with Gasteiger partial charge >= 0.3 is 5.97 Å². The fourth-order valence-electron chi connectivity index (χ4n) is 3.64. The molecule has 1 fully saturated rings. The van der Waals surface area contributed by atoms with E-state index >= 15 is 0 Å². The Morgan fingerprint density at radius 1 is 1.07 bits per heavy atom. The third-order valence-corrected chi connectivity index (χ3v) is 7.54. The first-order chi connectivity index (χ1) is 13.4. The summed E-state index contributed by atoms with van der Waals surface area (Å²) in [6, 6.07) is 15.8. The van der Waals surface area contributed by atoms with Crippen LogP contribution in [0.1, 0.15) is 25.3 Å². The Morgan fingerprint density at radius 3 is 2.29 bits per heavy atom. The van der Waals surface area contributed by atoms with Crippen LogP contribution in [0.25, 0.3) is 0 Å². The lowest BCUT2D eigenvalue weighted by Gasteiger charge is -2.39. The van der Waals surface area contributed by atoms with Gasteiger partial charge in [-0.05, 0) is 49.9 Å². The fourth-order valence-corrected chi connectivity index (χ4v) is 5.30. The number of hydrogen-bond donors (Lipinski definition) is 0. The number of carbonyl (C=O) groups excluding carboxylic acids is 1. The van der Waals surface area contributed by atoms with Crippen LogP contribution in [0.4, 0.5) is 0 Å². The zero-order valence-corrected chi connectivity index (χ0v) is 17.4. The molecule has 0 aromatic heterocycles. The third-order valence-electron chi connectivity index (χ3n) is 5.26. The number of halogens is 1. The smallest absolute Gasteiger partial charge is 0.312 e. The van der Waals surface area contributed by atoms with Crippen LogP contribution in [0.2, 0.25) is 5.02 Å². The number of rotatable bonds is 6. The number of benzene rings is 2. The molecule has 28 heavy (non-hydrogen) atoms. The van der Waals surface area contributed by atoms with Crippen LogP contribution in [0.5, 0.6) is 0 Å². The van der Waals surface area contributed by atoms with Crippen LogP contribution in [0.3, 0.4) is 0 Å². The maximum atomic E-state index is 12.9. The van der Waals surface area contributed by atoms with Crippen molar-refractivity contribution in [3.05, 3.63) is 65.2 Å². The highest BCUT2D eigenvalue weighted by Gasteiger charge is 2.45. The van der Waals surface area contributed by atoms with Crippen LogP contribution in [0, 0.1) is 5.41 Å². The predicted molar refractivity (Wildman–Crippen MR) is 109 cm³/mol. The number of ether oxygens (including phenoxy) is 1. The van der Waals surface area contributed by atoms with Crippen LogP contribution in [-0.2, 0) is 26.0 Å². The van der Waals surface area contributed by atoms with Crippen LogP contribution in [0.15, 0.2) is 59.5 Å². The average molecular weight is 422 g/mol. The summed E-state index contributed by atoms with van der Waals surface area (Å²) >= 11 is 6.31. The summed E-state index contributed by atoms with van der Waals surface area (Å²) in [6.07, 6.45) is 1.22. The Bertz CT molecular complexity index is 922. The van der Waals surface area contributed by atoms with Crippen molar-refractivity contribution in [2.24, 2.45) is 5.41 Å². The molecule has 0 radical (unpaired) electrons. The summed E-state index contributed by atoms with van der Waals surface area (Å²) in [5.74, 6) is -0.285. The van der Waals surface area contributed by atoms with Gasteiger partial charge in [0.1, 0.15) is 0 Å². The number of sulfonamides is 1.